The summed E-state index contributed by atoms with van der Waals surface area (Å²) in [6, 6.07) is 0. The van der Waals surface area contributed by atoms with Crippen molar-refractivity contribution < 1.29 is 57.5 Å². The third-order valence-electron chi connectivity index (χ3n) is 24.3. The summed E-state index contributed by atoms with van der Waals surface area (Å²) in [4.78, 5) is 168. The predicted octanol–water partition coefficient (Wildman–Crippen LogP) is 8.61. The van der Waals surface area contributed by atoms with E-state index in [1.807, 2.05) is 83.1 Å². The third-order valence-corrected chi connectivity index (χ3v) is 24.3. The van der Waals surface area contributed by atoms with Gasteiger partial charge < -0.3 is 77.1 Å². The van der Waals surface area contributed by atoms with E-state index in [0.717, 1.165) is 42.9 Å². The van der Waals surface area contributed by atoms with Crippen LogP contribution in [0.25, 0.3) is 0 Å². The SMILES string of the molecule is CC(C)CCCC(C)C1CCC2C3CC=C4CC(OC(=O)NCCC(=O)N(CCN)CC(=O)N(CCC(C)C)CC(=O)N(CCC(C)C)CC(=O)N(CCN)CC(=O)N(CCC(C)C)CC(=O)N(CCC(C)C)CC(=O)N(CCN)CC(=O)N(CCC(C)C)CC(=O)N(CCC(C)C)CC(N)=O)CCC4(C)C3CCC12C. The molecule has 9 N–H and O–H groups in total. The molecular formula is C85H154N14O12. The Morgan fingerprint density at radius 1 is 0.414 bits per heavy atom. The van der Waals surface area contributed by atoms with E-state index in [9.17, 15) is 52.7 Å². The summed E-state index contributed by atoms with van der Waals surface area (Å²) < 4.78 is 6.07. The fourth-order valence-electron chi connectivity index (χ4n) is 17.2. The Hall–Kier alpha value is -6.41. The van der Waals surface area contributed by atoms with Crippen molar-refractivity contribution in [2.24, 2.45) is 105 Å². The Morgan fingerprint density at radius 2 is 0.748 bits per heavy atom. The van der Waals surface area contributed by atoms with Gasteiger partial charge in [0, 0.05) is 97.9 Å². The van der Waals surface area contributed by atoms with Gasteiger partial charge in [0.15, 0.2) is 0 Å². The topological polar surface area (TPSA) is 342 Å². The lowest BCUT2D eigenvalue weighted by Gasteiger charge is -2.58. The van der Waals surface area contributed by atoms with Crippen LogP contribution >= 0.6 is 0 Å². The summed E-state index contributed by atoms with van der Waals surface area (Å²) in [6.45, 7) is 33.4. The second kappa shape index (κ2) is 48.1. The Kier molecular flexibility index (Phi) is 42.0. The average molecular weight is 1560 g/mol. The number of amides is 11. The molecule has 111 heavy (non-hydrogen) atoms. The lowest BCUT2D eigenvalue weighted by atomic mass is 9.47. The number of hydrogen-bond donors (Lipinski definition) is 5. The van der Waals surface area contributed by atoms with E-state index >= 15 is 0 Å². The summed E-state index contributed by atoms with van der Waals surface area (Å²) in [5.41, 5.74) is 25.7. The van der Waals surface area contributed by atoms with Crippen molar-refractivity contribution in [3.63, 3.8) is 0 Å². The monoisotopic (exact) mass is 1560 g/mol. The van der Waals surface area contributed by atoms with Gasteiger partial charge in [0.2, 0.25) is 59.1 Å². The van der Waals surface area contributed by atoms with Gasteiger partial charge in [0.05, 0.1) is 58.9 Å². The highest BCUT2D eigenvalue weighted by Crippen LogP contribution is 2.67. The van der Waals surface area contributed by atoms with E-state index in [-0.39, 0.29) is 158 Å². The molecule has 3 fully saturated rings. The number of primary amides is 1. The van der Waals surface area contributed by atoms with Crippen molar-refractivity contribution in [1.29, 1.82) is 0 Å². The molecule has 8 unspecified atom stereocenters. The number of fused-ring (bicyclic) bond motifs is 5. The first kappa shape index (κ1) is 97.0. The molecular weight excluding hydrogens is 1410 g/mol. The summed E-state index contributed by atoms with van der Waals surface area (Å²) >= 11 is 0. The predicted molar refractivity (Wildman–Crippen MR) is 438 cm³/mol. The highest BCUT2D eigenvalue weighted by atomic mass is 16.6. The molecule has 0 saturated heterocycles. The lowest BCUT2D eigenvalue weighted by Crippen LogP contribution is -2.53. The van der Waals surface area contributed by atoms with Crippen LogP contribution in [0.2, 0.25) is 0 Å². The van der Waals surface area contributed by atoms with Crippen LogP contribution in [0.3, 0.4) is 0 Å². The van der Waals surface area contributed by atoms with Gasteiger partial charge in [0.1, 0.15) is 6.10 Å². The maximum Gasteiger partial charge on any atom is 0.407 e. The highest BCUT2D eigenvalue weighted by Gasteiger charge is 2.59. The van der Waals surface area contributed by atoms with E-state index in [2.05, 4.69) is 46.0 Å². The van der Waals surface area contributed by atoms with Crippen LogP contribution in [0, 0.1) is 81.8 Å². The molecule has 4 rings (SSSR count). The number of carbonyl (C=O) groups excluding carboxylic acids is 11. The molecule has 0 bridgehead atoms. The van der Waals surface area contributed by atoms with Crippen LogP contribution in [0.1, 0.15) is 233 Å². The molecule has 26 heteroatoms. The average Bonchev–Trinajstić information content (AvgIpc) is 1.58. The van der Waals surface area contributed by atoms with Crippen LogP contribution in [-0.4, -0.2) is 259 Å². The molecule has 0 aromatic rings. The zero-order valence-corrected chi connectivity index (χ0v) is 72.1. The molecule has 11 amide bonds. The highest BCUT2D eigenvalue weighted by molar-refractivity contribution is 5.94. The minimum atomic E-state index is -0.684. The van der Waals surface area contributed by atoms with E-state index in [1.54, 1.807) is 0 Å². The molecule has 26 nitrogen and oxygen atoms in total. The molecule has 3 saturated carbocycles. The van der Waals surface area contributed by atoms with E-state index < -0.39 is 104 Å². The lowest BCUT2D eigenvalue weighted by molar-refractivity contribution is -0.149. The maximum absolute atomic E-state index is 14.7. The Balaban J connectivity index is 1.44. The van der Waals surface area contributed by atoms with Crippen molar-refractivity contribution in [2.75, 3.05) is 144 Å². The van der Waals surface area contributed by atoms with Crippen molar-refractivity contribution >= 4 is 65.2 Å². The largest absolute Gasteiger partial charge is 0.446 e. The van der Waals surface area contributed by atoms with Gasteiger partial charge in [-0.1, -0.05) is 149 Å². The zero-order valence-electron chi connectivity index (χ0n) is 72.1. The maximum atomic E-state index is 14.7. The van der Waals surface area contributed by atoms with E-state index in [0.29, 0.717) is 62.2 Å². The standard InChI is InChI=1S/C85H154N14O12/c1-59(2)19-18-20-66(15)70-23-24-71-69-22-21-67-49-68(25-34-84(67,16)72(69)26-35-85(70,71)17)111-83(110)90-39-27-74(101)97(46-36-86)56-78(105)93(42-30-62(7)8)52-76(103)95(44-32-64(11)12)54-82(109)99(48-38-88)58-80(107)94(43-31-63(9)10)53-77(104)96(45-33-65(13)14)55-81(108)98(47-37-87)57-79(106)92(41-29-61(5)6)51-75(102)91(50-73(89)100)40-28-60(3)4/h21,59-66,68-72H,18-20,22-58,86-88H2,1-17H3,(H2,89,100)(H,90,110). The van der Waals surface area contributed by atoms with Gasteiger partial charge in [-0.15, -0.1) is 0 Å². The first-order chi connectivity index (χ1) is 52.3. The second-order valence-electron chi connectivity index (χ2n) is 36.5. The molecule has 8 atom stereocenters. The Morgan fingerprint density at radius 3 is 1.08 bits per heavy atom. The summed E-state index contributed by atoms with van der Waals surface area (Å²) in [7, 11) is 0. The van der Waals surface area contributed by atoms with Gasteiger partial charge in [0.25, 0.3) is 0 Å². The van der Waals surface area contributed by atoms with Crippen molar-refractivity contribution in [1.82, 2.24) is 49.4 Å². The number of ether oxygens (including phenoxy) is 1. The van der Waals surface area contributed by atoms with Crippen molar-refractivity contribution in [2.45, 2.75) is 239 Å². The fraction of sp³-hybridized carbons (Fsp3) is 0.847. The van der Waals surface area contributed by atoms with Gasteiger partial charge in [-0.2, -0.15) is 0 Å². The van der Waals surface area contributed by atoms with Crippen LogP contribution in [0.4, 0.5) is 4.79 Å². The van der Waals surface area contributed by atoms with Gasteiger partial charge >= 0.3 is 6.09 Å². The van der Waals surface area contributed by atoms with Gasteiger partial charge in [-0.05, 0) is 165 Å². The summed E-state index contributed by atoms with van der Waals surface area (Å²) in [5, 5.41) is 2.81. The second-order valence-corrected chi connectivity index (χ2v) is 36.5. The smallest absolute Gasteiger partial charge is 0.407 e. The number of nitrogens with two attached hydrogens (primary N) is 4. The molecule has 4 aliphatic carbocycles. The number of allylic oxidation sites excluding steroid dienone is 1. The molecule has 0 radical (unpaired) electrons. The first-order valence-electron chi connectivity index (χ1n) is 42.8. The summed E-state index contributed by atoms with van der Waals surface area (Å²) in [6.07, 6.45) is 17.5. The number of nitrogens with one attached hydrogen (secondary N) is 1. The number of rotatable bonds is 51. The number of alkyl carbamates (subject to hydrolysis) is 1. The molecule has 0 aromatic carbocycles. The minimum Gasteiger partial charge on any atom is -0.446 e. The van der Waals surface area contributed by atoms with Crippen LogP contribution in [0.5, 0.6) is 0 Å². The first-order valence-corrected chi connectivity index (χ1v) is 42.8. The Labute approximate surface area is 668 Å². The molecule has 0 heterocycles. The third kappa shape index (κ3) is 32.1. The molecule has 0 aliphatic heterocycles. The fourth-order valence-corrected chi connectivity index (χ4v) is 17.2. The van der Waals surface area contributed by atoms with Crippen molar-refractivity contribution in [3.05, 3.63) is 11.6 Å². The van der Waals surface area contributed by atoms with Gasteiger partial charge in [-0.25, -0.2) is 4.79 Å². The van der Waals surface area contributed by atoms with Crippen LogP contribution in [0.15, 0.2) is 11.6 Å². The normalized spacial score (nSPS) is 20.3. The summed E-state index contributed by atoms with van der Waals surface area (Å²) in [5.74, 6) is -0.125. The van der Waals surface area contributed by atoms with E-state index in [1.165, 1.54) is 94.6 Å². The number of hydrogen-bond acceptors (Lipinski definition) is 15. The van der Waals surface area contributed by atoms with Crippen LogP contribution in [-0.2, 0) is 52.7 Å². The van der Waals surface area contributed by atoms with Crippen molar-refractivity contribution in [3.8, 4) is 0 Å². The molecule has 636 valence electrons. The molecule has 4 aliphatic rings. The minimum absolute atomic E-state index is 0.0144. The number of carbonyl (C=O) groups is 11. The quantitative estimate of drug-likeness (QED) is 0.0356. The Bertz CT molecular complexity index is 3000. The van der Waals surface area contributed by atoms with E-state index in [4.69, 9.17) is 27.7 Å². The number of nitrogens with zero attached hydrogens (tertiary/aromatic N) is 9. The van der Waals surface area contributed by atoms with Crippen LogP contribution < -0.4 is 28.3 Å². The molecule has 0 aromatic heterocycles. The van der Waals surface area contributed by atoms with Gasteiger partial charge in [-0.3, -0.25) is 47.9 Å². The zero-order chi connectivity index (χ0) is 83.0. The molecule has 0 spiro atoms.